The van der Waals surface area contributed by atoms with Crippen LogP contribution in [0, 0.1) is 0 Å². The zero-order valence-electron chi connectivity index (χ0n) is 20.6. The zero-order chi connectivity index (χ0) is 24.9. The van der Waals surface area contributed by atoms with Gasteiger partial charge in [0.05, 0.1) is 0 Å². The SMILES string of the molecule is C=C(/N=C1\C(=C/C)C=C(c2ccc(-c3cccnc3)cc2Cl)C(=O)N1CC)NC1CCN(C)CC1. The summed E-state index contributed by atoms with van der Waals surface area (Å²) in [6.07, 6.45) is 9.47. The first-order chi connectivity index (χ1) is 16.9. The largest absolute Gasteiger partial charge is 0.368 e. The Morgan fingerprint density at radius 3 is 2.69 bits per heavy atom. The summed E-state index contributed by atoms with van der Waals surface area (Å²) in [5.74, 6) is 1.06. The van der Waals surface area contributed by atoms with Gasteiger partial charge in [0, 0.05) is 52.3 Å². The standard InChI is InChI=1S/C28H32ClN5O/c1-5-20-16-25(24-10-9-21(17-26(24)29)22-8-7-13-30-18-22)28(35)34(6-2)27(20)32-19(3)31-23-11-14-33(4)15-12-23/h5,7-10,13,16-18,23,31H,3,6,11-12,14-15H2,1-2,4H3/b20-5-,32-27+. The van der Waals surface area contributed by atoms with E-state index in [1.165, 1.54) is 0 Å². The second-order valence-corrected chi connectivity index (χ2v) is 9.30. The number of hydrogen-bond acceptors (Lipinski definition) is 5. The van der Waals surface area contributed by atoms with Gasteiger partial charge in [-0.3, -0.25) is 14.7 Å². The van der Waals surface area contributed by atoms with Crippen LogP contribution in [-0.2, 0) is 4.79 Å². The van der Waals surface area contributed by atoms with Crippen molar-refractivity contribution in [3.05, 3.63) is 83.4 Å². The number of allylic oxidation sites excluding steroid dienone is 1. The number of aromatic nitrogens is 1. The van der Waals surface area contributed by atoms with Crippen LogP contribution in [0.3, 0.4) is 0 Å². The molecule has 0 radical (unpaired) electrons. The van der Waals surface area contributed by atoms with Crippen molar-refractivity contribution < 1.29 is 4.79 Å². The van der Waals surface area contributed by atoms with Crippen LogP contribution in [0.4, 0.5) is 0 Å². The maximum Gasteiger partial charge on any atom is 0.260 e. The van der Waals surface area contributed by atoms with Crippen LogP contribution in [0.5, 0.6) is 0 Å². The smallest absolute Gasteiger partial charge is 0.260 e. The van der Waals surface area contributed by atoms with Gasteiger partial charge in [-0.25, -0.2) is 4.99 Å². The van der Waals surface area contributed by atoms with Crippen LogP contribution in [-0.4, -0.2) is 59.3 Å². The summed E-state index contributed by atoms with van der Waals surface area (Å²) in [7, 11) is 2.14. The number of aliphatic imine (C=N–C) groups is 1. The number of hydrogen-bond donors (Lipinski definition) is 1. The first-order valence-corrected chi connectivity index (χ1v) is 12.4. The Morgan fingerprint density at radius 1 is 1.29 bits per heavy atom. The molecule has 1 N–H and O–H groups in total. The average Bonchev–Trinajstić information content (AvgIpc) is 2.86. The zero-order valence-corrected chi connectivity index (χ0v) is 21.3. The third kappa shape index (κ3) is 5.55. The fourth-order valence-corrected chi connectivity index (χ4v) is 4.78. The Hall–Kier alpha value is -3.22. The molecule has 2 aliphatic rings. The number of rotatable bonds is 6. The predicted molar refractivity (Wildman–Crippen MR) is 144 cm³/mol. The van der Waals surface area contributed by atoms with E-state index in [0.717, 1.165) is 42.6 Å². The van der Waals surface area contributed by atoms with Crippen molar-refractivity contribution in [1.29, 1.82) is 0 Å². The molecular formula is C28H32ClN5O. The van der Waals surface area contributed by atoms with Crippen molar-refractivity contribution in [2.24, 2.45) is 4.99 Å². The number of likely N-dealkylation sites (tertiary alicyclic amines) is 1. The summed E-state index contributed by atoms with van der Waals surface area (Å²) >= 11 is 6.69. The number of halogens is 1. The first-order valence-electron chi connectivity index (χ1n) is 12.0. The summed E-state index contributed by atoms with van der Waals surface area (Å²) in [5, 5.41) is 3.96. The third-order valence-corrected chi connectivity index (χ3v) is 6.81. The van der Waals surface area contributed by atoms with Crippen LogP contribution < -0.4 is 5.32 Å². The Morgan fingerprint density at radius 2 is 2.06 bits per heavy atom. The Balaban J connectivity index is 1.62. The molecule has 182 valence electrons. The molecule has 2 aromatic rings. The summed E-state index contributed by atoms with van der Waals surface area (Å²) in [6.45, 7) is 10.6. The fraction of sp³-hybridized carbons (Fsp3) is 0.321. The lowest BCUT2D eigenvalue weighted by atomic mass is 9.95. The number of benzene rings is 1. The number of pyridine rings is 1. The molecule has 1 saturated heterocycles. The highest BCUT2D eigenvalue weighted by molar-refractivity contribution is 6.37. The van der Waals surface area contributed by atoms with E-state index >= 15 is 0 Å². The summed E-state index contributed by atoms with van der Waals surface area (Å²) < 4.78 is 0. The highest BCUT2D eigenvalue weighted by Gasteiger charge is 2.31. The number of carbonyl (C=O) groups excluding carboxylic acids is 1. The van der Waals surface area contributed by atoms with Crippen LogP contribution in [0.25, 0.3) is 16.7 Å². The third-order valence-electron chi connectivity index (χ3n) is 6.50. The number of amides is 1. The van der Waals surface area contributed by atoms with Crippen LogP contribution in [0.1, 0.15) is 32.3 Å². The van der Waals surface area contributed by atoms with Gasteiger partial charge in [0.2, 0.25) is 0 Å². The van der Waals surface area contributed by atoms with E-state index in [9.17, 15) is 4.79 Å². The van der Waals surface area contributed by atoms with Crippen molar-refractivity contribution in [2.45, 2.75) is 32.7 Å². The van der Waals surface area contributed by atoms with Gasteiger partial charge in [-0.2, -0.15) is 0 Å². The first kappa shape index (κ1) is 24.9. The molecule has 3 heterocycles. The maximum absolute atomic E-state index is 13.6. The Kier molecular flexibility index (Phi) is 7.83. The molecule has 0 spiro atoms. The summed E-state index contributed by atoms with van der Waals surface area (Å²) in [6, 6.07) is 9.96. The minimum Gasteiger partial charge on any atom is -0.368 e. The lowest BCUT2D eigenvalue weighted by Gasteiger charge is -2.32. The number of nitrogens with zero attached hydrogens (tertiary/aromatic N) is 4. The normalized spacial score (nSPS) is 19.8. The molecule has 4 rings (SSSR count). The predicted octanol–water partition coefficient (Wildman–Crippen LogP) is 5.15. The van der Waals surface area contributed by atoms with Crippen molar-refractivity contribution in [3.63, 3.8) is 0 Å². The van der Waals surface area contributed by atoms with Gasteiger partial charge in [-0.05, 0) is 70.6 Å². The molecular weight excluding hydrogens is 458 g/mol. The van der Waals surface area contributed by atoms with Gasteiger partial charge in [0.15, 0.2) is 0 Å². The second-order valence-electron chi connectivity index (χ2n) is 8.89. The second kappa shape index (κ2) is 11.0. The summed E-state index contributed by atoms with van der Waals surface area (Å²) in [5.41, 5.74) is 4.03. The van der Waals surface area contributed by atoms with E-state index in [0.29, 0.717) is 40.4 Å². The lowest BCUT2D eigenvalue weighted by molar-refractivity contribution is -0.121. The van der Waals surface area contributed by atoms with Crippen molar-refractivity contribution in [1.82, 2.24) is 20.1 Å². The molecule has 1 aromatic carbocycles. The van der Waals surface area contributed by atoms with E-state index in [-0.39, 0.29) is 5.91 Å². The minimum absolute atomic E-state index is 0.125. The maximum atomic E-state index is 13.6. The molecule has 7 heteroatoms. The molecule has 6 nitrogen and oxygen atoms in total. The van der Waals surface area contributed by atoms with Crippen molar-refractivity contribution in [2.75, 3.05) is 26.7 Å². The lowest BCUT2D eigenvalue weighted by Crippen LogP contribution is -2.42. The van der Waals surface area contributed by atoms with Crippen LogP contribution >= 0.6 is 11.6 Å². The molecule has 1 amide bonds. The van der Waals surface area contributed by atoms with E-state index in [4.69, 9.17) is 16.6 Å². The number of piperidine rings is 1. The monoisotopic (exact) mass is 489 g/mol. The molecule has 2 aliphatic heterocycles. The van der Waals surface area contributed by atoms with E-state index < -0.39 is 0 Å². The fourth-order valence-electron chi connectivity index (χ4n) is 4.50. The van der Waals surface area contributed by atoms with E-state index in [2.05, 4.69) is 28.8 Å². The Labute approximate surface area is 212 Å². The van der Waals surface area contributed by atoms with Crippen LogP contribution in [0.15, 0.2) is 77.8 Å². The molecule has 1 fully saturated rings. The molecule has 35 heavy (non-hydrogen) atoms. The number of amidine groups is 1. The average molecular weight is 490 g/mol. The van der Waals surface area contributed by atoms with Gasteiger partial charge in [0.1, 0.15) is 11.7 Å². The van der Waals surface area contributed by atoms with Crippen LogP contribution in [0.2, 0.25) is 5.02 Å². The minimum atomic E-state index is -0.125. The molecule has 0 unspecified atom stereocenters. The van der Waals surface area contributed by atoms with Crippen molar-refractivity contribution >= 4 is 28.9 Å². The van der Waals surface area contributed by atoms with Gasteiger partial charge < -0.3 is 10.2 Å². The van der Waals surface area contributed by atoms with Gasteiger partial charge in [-0.1, -0.05) is 42.5 Å². The van der Waals surface area contributed by atoms with Gasteiger partial charge >= 0.3 is 0 Å². The quantitative estimate of drug-likeness (QED) is 0.609. The number of nitrogens with one attached hydrogen (secondary N) is 1. The highest BCUT2D eigenvalue weighted by Crippen LogP contribution is 2.34. The molecule has 0 aliphatic carbocycles. The number of likely N-dealkylation sites (N-methyl/N-ethyl adjacent to an activating group) is 1. The molecule has 0 saturated carbocycles. The Bertz CT molecular complexity index is 1190. The van der Waals surface area contributed by atoms with E-state index in [1.54, 1.807) is 17.3 Å². The van der Waals surface area contributed by atoms with E-state index in [1.807, 2.05) is 56.3 Å². The van der Waals surface area contributed by atoms with Crippen molar-refractivity contribution in [3.8, 4) is 11.1 Å². The number of carbonyl (C=O) groups is 1. The highest BCUT2D eigenvalue weighted by atomic mass is 35.5. The molecule has 0 bridgehead atoms. The molecule has 0 atom stereocenters. The van der Waals surface area contributed by atoms with Gasteiger partial charge in [0.25, 0.3) is 5.91 Å². The topological polar surface area (TPSA) is 60.8 Å². The summed E-state index contributed by atoms with van der Waals surface area (Å²) in [4.78, 5) is 26.5. The molecule has 1 aromatic heterocycles. The van der Waals surface area contributed by atoms with Gasteiger partial charge in [-0.15, -0.1) is 0 Å².